The second-order valence-electron chi connectivity index (χ2n) is 5.15. The summed E-state index contributed by atoms with van der Waals surface area (Å²) in [5.74, 6) is -0.209. The summed E-state index contributed by atoms with van der Waals surface area (Å²) in [6.07, 6.45) is 4.97. The lowest BCUT2D eigenvalue weighted by molar-refractivity contribution is 0.0738. The minimum Gasteiger partial charge on any atom is -0.349 e. The molecule has 2 aromatic heterocycles. The van der Waals surface area contributed by atoms with E-state index in [1.54, 1.807) is 10.7 Å². The Bertz CT molecular complexity index is 778. The van der Waals surface area contributed by atoms with Crippen LogP contribution in [0.4, 0.5) is 0 Å². The maximum atomic E-state index is 12.2. The molecule has 112 valence electrons. The van der Waals surface area contributed by atoms with Crippen LogP contribution in [0, 0.1) is 0 Å². The van der Waals surface area contributed by atoms with Gasteiger partial charge in [-0.3, -0.25) is 8.98 Å². The smallest absolute Gasteiger partial charge is 0.264 e. The van der Waals surface area contributed by atoms with E-state index in [1.807, 2.05) is 18.2 Å². The average Bonchev–Trinajstić information content (AvgIpc) is 2.78. The Morgan fingerprint density at radius 3 is 2.90 bits per heavy atom. The lowest BCUT2D eigenvalue weighted by Crippen LogP contribution is -2.48. The molecular formula is C13H15N3O4S. The summed E-state index contributed by atoms with van der Waals surface area (Å²) >= 11 is 0. The Hall–Kier alpha value is -1.93. The molecule has 8 heteroatoms. The fourth-order valence-electron chi connectivity index (χ4n) is 2.38. The van der Waals surface area contributed by atoms with Gasteiger partial charge in [-0.05, 0) is 25.0 Å². The molecule has 1 amide bonds. The summed E-state index contributed by atoms with van der Waals surface area (Å²) < 4.78 is 28.4. The van der Waals surface area contributed by atoms with Gasteiger partial charge in [0.2, 0.25) is 0 Å². The molecule has 1 aliphatic rings. The van der Waals surface area contributed by atoms with E-state index in [1.165, 1.54) is 6.20 Å². The summed E-state index contributed by atoms with van der Waals surface area (Å²) in [5.41, 5.74) is 1.24. The van der Waals surface area contributed by atoms with Crippen molar-refractivity contribution in [2.45, 2.75) is 25.0 Å². The number of hydrogen-bond acceptors (Lipinski definition) is 5. The minimum atomic E-state index is -3.43. The van der Waals surface area contributed by atoms with Crippen molar-refractivity contribution in [1.29, 1.82) is 0 Å². The molecule has 1 saturated carbocycles. The predicted octanol–water partition coefficient (Wildman–Crippen LogP) is 0.571. The van der Waals surface area contributed by atoms with E-state index in [4.69, 9.17) is 4.18 Å². The van der Waals surface area contributed by atoms with Gasteiger partial charge in [-0.2, -0.15) is 13.5 Å². The van der Waals surface area contributed by atoms with Crippen molar-refractivity contribution in [3.63, 3.8) is 0 Å². The number of amides is 1. The molecule has 0 spiro atoms. The Morgan fingerprint density at radius 1 is 1.43 bits per heavy atom. The van der Waals surface area contributed by atoms with Gasteiger partial charge in [0.1, 0.15) is 0 Å². The molecule has 0 radical (unpaired) electrons. The zero-order chi connectivity index (χ0) is 15.0. The highest BCUT2D eigenvalue weighted by molar-refractivity contribution is 7.86. The van der Waals surface area contributed by atoms with E-state index < -0.39 is 10.1 Å². The normalized spacial score (nSPS) is 22.0. The highest BCUT2D eigenvalue weighted by Gasteiger charge is 2.34. The second kappa shape index (κ2) is 5.12. The summed E-state index contributed by atoms with van der Waals surface area (Å²) in [4.78, 5) is 12.2. The van der Waals surface area contributed by atoms with E-state index in [-0.39, 0.29) is 18.1 Å². The van der Waals surface area contributed by atoms with Crippen molar-refractivity contribution in [2.75, 3.05) is 6.26 Å². The largest absolute Gasteiger partial charge is 0.349 e. The molecule has 0 aliphatic heterocycles. The third kappa shape index (κ3) is 3.06. The molecule has 21 heavy (non-hydrogen) atoms. The standard InChI is InChI=1S/C13H15N3O4S/c1-21(18,19)20-10-6-9(7-10)15-13(17)11-8-14-16-5-3-2-4-12(11)16/h2-5,8-10H,6-7H2,1H3,(H,15,17). The Labute approximate surface area is 122 Å². The molecule has 0 bridgehead atoms. The summed E-state index contributed by atoms with van der Waals surface area (Å²) in [7, 11) is -3.43. The quantitative estimate of drug-likeness (QED) is 0.834. The van der Waals surface area contributed by atoms with Crippen LogP contribution in [0.3, 0.4) is 0 Å². The first-order chi connectivity index (χ1) is 9.92. The van der Waals surface area contributed by atoms with Gasteiger partial charge in [0.15, 0.2) is 0 Å². The molecule has 7 nitrogen and oxygen atoms in total. The lowest BCUT2D eigenvalue weighted by Gasteiger charge is -2.34. The van der Waals surface area contributed by atoms with E-state index in [0.717, 1.165) is 11.8 Å². The SMILES string of the molecule is CS(=O)(=O)OC1CC(NC(=O)c2cnn3ccccc23)C1. The van der Waals surface area contributed by atoms with E-state index in [2.05, 4.69) is 10.4 Å². The van der Waals surface area contributed by atoms with Crippen molar-refractivity contribution in [1.82, 2.24) is 14.9 Å². The predicted molar refractivity (Wildman–Crippen MR) is 75.4 cm³/mol. The molecule has 0 saturated heterocycles. The zero-order valence-corrected chi connectivity index (χ0v) is 12.2. The Kier molecular flexibility index (Phi) is 3.42. The molecule has 2 heterocycles. The lowest BCUT2D eigenvalue weighted by atomic mass is 9.89. The topological polar surface area (TPSA) is 89.8 Å². The van der Waals surface area contributed by atoms with Gasteiger partial charge in [-0.25, -0.2) is 4.52 Å². The molecule has 0 aromatic carbocycles. The molecule has 0 unspecified atom stereocenters. The van der Waals surface area contributed by atoms with Crippen molar-refractivity contribution >= 4 is 21.5 Å². The first kappa shape index (κ1) is 14.0. The number of aromatic nitrogens is 2. The first-order valence-electron chi connectivity index (χ1n) is 6.54. The Balaban J connectivity index is 1.61. The summed E-state index contributed by atoms with van der Waals surface area (Å²) in [6, 6.07) is 5.43. The second-order valence-corrected chi connectivity index (χ2v) is 6.75. The van der Waals surface area contributed by atoms with Crippen molar-refractivity contribution in [3.05, 3.63) is 36.2 Å². The monoisotopic (exact) mass is 309 g/mol. The summed E-state index contributed by atoms with van der Waals surface area (Å²) in [6.45, 7) is 0. The fraction of sp³-hybridized carbons (Fsp3) is 0.385. The molecule has 2 aromatic rings. The van der Waals surface area contributed by atoms with Gasteiger partial charge in [0, 0.05) is 12.2 Å². The van der Waals surface area contributed by atoms with E-state index in [0.29, 0.717) is 18.4 Å². The number of pyridine rings is 1. The molecule has 1 fully saturated rings. The number of nitrogens with one attached hydrogen (secondary N) is 1. The van der Waals surface area contributed by atoms with Gasteiger partial charge >= 0.3 is 0 Å². The highest BCUT2D eigenvalue weighted by atomic mass is 32.2. The van der Waals surface area contributed by atoms with Crippen LogP contribution in [-0.2, 0) is 14.3 Å². The molecule has 1 aliphatic carbocycles. The van der Waals surface area contributed by atoms with Crippen LogP contribution in [0.5, 0.6) is 0 Å². The maximum absolute atomic E-state index is 12.2. The fourth-order valence-corrected chi connectivity index (χ4v) is 3.03. The maximum Gasteiger partial charge on any atom is 0.264 e. The van der Waals surface area contributed by atoms with Gasteiger partial charge in [0.25, 0.3) is 16.0 Å². The van der Waals surface area contributed by atoms with Gasteiger partial charge in [-0.15, -0.1) is 0 Å². The van der Waals surface area contributed by atoms with Crippen LogP contribution in [0.15, 0.2) is 30.6 Å². The van der Waals surface area contributed by atoms with E-state index >= 15 is 0 Å². The number of fused-ring (bicyclic) bond motifs is 1. The number of rotatable bonds is 4. The van der Waals surface area contributed by atoms with Crippen LogP contribution >= 0.6 is 0 Å². The van der Waals surface area contributed by atoms with E-state index in [9.17, 15) is 13.2 Å². The third-order valence-corrected chi connectivity index (χ3v) is 4.03. The van der Waals surface area contributed by atoms with Crippen molar-refractivity contribution in [2.24, 2.45) is 0 Å². The zero-order valence-electron chi connectivity index (χ0n) is 11.4. The van der Waals surface area contributed by atoms with Crippen molar-refractivity contribution < 1.29 is 17.4 Å². The number of carbonyl (C=O) groups excluding carboxylic acids is 1. The molecule has 1 N–H and O–H groups in total. The molecule has 3 rings (SSSR count). The van der Waals surface area contributed by atoms with Crippen LogP contribution in [-0.4, -0.2) is 42.3 Å². The average molecular weight is 309 g/mol. The first-order valence-corrected chi connectivity index (χ1v) is 8.35. The third-order valence-electron chi connectivity index (χ3n) is 3.41. The number of hydrogen-bond donors (Lipinski definition) is 1. The van der Waals surface area contributed by atoms with Gasteiger partial charge in [0.05, 0.1) is 29.6 Å². The van der Waals surface area contributed by atoms with Crippen LogP contribution in [0.1, 0.15) is 23.2 Å². The highest BCUT2D eigenvalue weighted by Crippen LogP contribution is 2.25. The summed E-state index contributed by atoms with van der Waals surface area (Å²) in [5, 5.41) is 6.97. The van der Waals surface area contributed by atoms with Crippen LogP contribution < -0.4 is 5.32 Å². The minimum absolute atomic E-state index is 0.0667. The van der Waals surface area contributed by atoms with Gasteiger partial charge < -0.3 is 5.32 Å². The number of nitrogens with zero attached hydrogens (tertiary/aromatic N) is 2. The molecular weight excluding hydrogens is 294 g/mol. The Morgan fingerprint density at radius 2 is 2.19 bits per heavy atom. The van der Waals surface area contributed by atoms with Crippen molar-refractivity contribution in [3.8, 4) is 0 Å². The number of carbonyl (C=O) groups is 1. The van der Waals surface area contributed by atoms with Crippen LogP contribution in [0.2, 0.25) is 0 Å². The van der Waals surface area contributed by atoms with Gasteiger partial charge in [-0.1, -0.05) is 6.07 Å². The molecule has 0 atom stereocenters. The van der Waals surface area contributed by atoms with Crippen LogP contribution in [0.25, 0.3) is 5.52 Å².